The van der Waals surface area contributed by atoms with E-state index in [-0.39, 0.29) is 5.91 Å². The van der Waals surface area contributed by atoms with Crippen LogP contribution < -0.4 is 10.1 Å². The first-order chi connectivity index (χ1) is 12.2. The van der Waals surface area contributed by atoms with Gasteiger partial charge in [-0.1, -0.05) is 18.2 Å². The Balaban J connectivity index is 1.75. The number of nitrogens with one attached hydrogen (secondary N) is 1. The highest BCUT2D eigenvalue weighted by Crippen LogP contribution is 2.37. The van der Waals surface area contributed by atoms with Crippen LogP contribution in [0, 0.1) is 11.3 Å². The minimum absolute atomic E-state index is 0.235. The Morgan fingerprint density at radius 2 is 2.16 bits per heavy atom. The summed E-state index contributed by atoms with van der Waals surface area (Å²) in [6.45, 7) is 2.50. The fraction of sp³-hybridized carbons (Fsp3) is 0.300. The van der Waals surface area contributed by atoms with Crippen molar-refractivity contribution < 1.29 is 9.53 Å². The molecule has 128 valence electrons. The molecule has 3 rings (SSSR count). The van der Waals surface area contributed by atoms with Crippen molar-refractivity contribution in [1.82, 2.24) is 0 Å². The van der Waals surface area contributed by atoms with E-state index in [1.54, 1.807) is 6.08 Å². The van der Waals surface area contributed by atoms with Crippen molar-refractivity contribution in [3.8, 4) is 11.8 Å². The van der Waals surface area contributed by atoms with Gasteiger partial charge in [0.15, 0.2) is 0 Å². The summed E-state index contributed by atoms with van der Waals surface area (Å²) in [6.07, 6.45) is 7.42. The summed E-state index contributed by atoms with van der Waals surface area (Å²) < 4.78 is 5.56. The summed E-state index contributed by atoms with van der Waals surface area (Å²) in [5.74, 6) is 0.514. The molecule has 0 atom stereocenters. The zero-order valence-corrected chi connectivity index (χ0v) is 15.0. The van der Waals surface area contributed by atoms with Crippen LogP contribution in [0.25, 0.3) is 6.08 Å². The second-order valence-electron chi connectivity index (χ2n) is 5.82. The molecule has 0 unspecified atom stereocenters. The Hall–Kier alpha value is -2.58. The molecule has 0 saturated heterocycles. The number of hydrogen-bond donors (Lipinski definition) is 1. The van der Waals surface area contributed by atoms with E-state index in [1.165, 1.54) is 22.3 Å². The number of hydrogen-bond acceptors (Lipinski definition) is 4. The Kier molecular flexibility index (Phi) is 5.52. The quantitative estimate of drug-likeness (QED) is 0.803. The van der Waals surface area contributed by atoms with Crippen LogP contribution in [0.1, 0.15) is 41.3 Å². The van der Waals surface area contributed by atoms with Crippen molar-refractivity contribution in [3.63, 3.8) is 0 Å². The van der Waals surface area contributed by atoms with E-state index < -0.39 is 0 Å². The average Bonchev–Trinajstić information content (AvgIpc) is 2.98. The summed E-state index contributed by atoms with van der Waals surface area (Å²) in [4.78, 5) is 13.5. The van der Waals surface area contributed by atoms with Crippen LogP contribution in [0.4, 0.5) is 5.00 Å². The lowest BCUT2D eigenvalue weighted by molar-refractivity contribution is -0.111. The van der Waals surface area contributed by atoms with E-state index in [9.17, 15) is 10.1 Å². The molecule has 0 bridgehead atoms. The SMILES string of the molecule is CCOc1ccccc1C=CC(=O)Nc1sc2c(c1C#N)CCCC2. The van der Waals surface area contributed by atoms with E-state index in [0.29, 0.717) is 17.2 Å². The molecular weight excluding hydrogens is 332 g/mol. The molecule has 1 heterocycles. The Bertz CT molecular complexity index is 846. The number of para-hydroxylation sites is 1. The number of aryl methyl sites for hydroxylation is 1. The molecule has 1 aliphatic rings. The molecule has 0 fully saturated rings. The number of ether oxygens (including phenoxy) is 1. The lowest BCUT2D eigenvalue weighted by atomic mass is 9.96. The van der Waals surface area contributed by atoms with Crippen LogP contribution >= 0.6 is 11.3 Å². The highest BCUT2D eigenvalue weighted by molar-refractivity contribution is 7.16. The molecule has 1 N–H and O–H groups in total. The largest absolute Gasteiger partial charge is 0.493 e. The third-order valence-electron chi connectivity index (χ3n) is 4.15. The molecule has 0 spiro atoms. The molecule has 5 heteroatoms. The van der Waals surface area contributed by atoms with Gasteiger partial charge in [-0.25, -0.2) is 0 Å². The van der Waals surface area contributed by atoms with Gasteiger partial charge >= 0.3 is 0 Å². The molecule has 2 aromatic rings. The first-order valence-corrected chi connectivity index (χ1v) is 9.30. The predicted molar refractivity (Wildman–Crippen MR) is 101 cm³/mol. The number of benzene rings is 1. The highest BCUT2D eigenvalue weighted by atomic mass is 32.1. The number of amides is 1. The second-order valence-corrected chi connectivity index (χ2v) is 6.93. The highest BCUT2D eigenvalue weighted by Gasteiger charge is 2.21. The molecule has 1 aliphatic carbocycles. The number of carbonyl (C=O) groups is 1. The third-order valence-corrected chi connectivity index (χ3v) is 5.36. The number of nitrogens with zero attached hydrogens (tertiary/aromatic N) is 1. The maximum absolute atomic E-state index is 12.3. The molecule has 25 heavy (non-hydrogen) atoms. The second kappa shape index (κ2) is 8.00. The molecule has 0 radical (unpaired) electrons. The summed E-state index contributed by atoms with van der Waals surface area (Å²) >= 11 is 1.53. The van der Waals surface area contributed by atoms with E-state index in [4.69, 9.17) is 4.74 Å². The zero-order valence-electron chi connectivity index (χ0n) is 14.2. The lowest BCUT2D eigenvalue weighted by Gasteiger charge is -2.09. The Morgan fingerprint density at radius 3 is 2.96 bits per heavy atom. The zero-order chi connectivity index (χ0) is 17.6. The molecule has 1 aromatic carbocycles. The number of fused-ring (bicyclic) bond motifs is 1. The predicted octanol–water partition coefficient (Wildman–Crippen LogP) is 4.55. The maximum atomic E-state index is 12.3. The fourth-order valence-corrected chi connectivity index (χ4v) is 4.24. The van der Waals surface area contributed by atoms with Crippen molar-refractivity contribution in [2.24, 2.45) is 0 Å². The molecule has 0 saturated carbocycles. The van der Waals surface area contributed by atoms with E-state index in [0.717, 1.165) is 42.6 Å². The Labute approximate surface area is 151 Å². The fourth-order valence-electron chi connectivity index (χ4n) is 3.00. The van der Waals surface area contributed by atoms with Crippen molar-refractivity contribution in [2.45, 2.75) is 32.6 Å². The maximum Gasteiger partial charge on any atom is 0.249 e. The topological polar surface area (TPSA) is 62.1 Å². The summed E-state index contributed by atoms with van der Waals surface area (Å²) in [6, 6.07) is 9.84. The Morgan fingerprint density at radius 1 is 1.36 bits per heavy atom. The first-order valence-electron chi connectivity index (χ1n) is 8.48. The van der Waals surface area contributed by atoms with Gasteiger partial charge in [0, 0.05) is 16.5 Å². The number of carbonyl (C=O) groups excluding carboxylic acids is 1. The minimum atomic E-state index is -0.235. The van der Waals surface area contributed by atoms with Gasteiger partial charge in [0.1, 0.15) is 16.8 Å². The van der Waals surface area contributed by atoms with Gasteiger partial charge in [-0.05, 0) is 50.3 Å². The van der Waals surface area contributed by atoms with Crippen molar-refractivity contribution in [1.29, 1.82) is 5.26 Å². The van der Waals surface area contributed by atoms with Gasteiger partial charge in [-0.15, -0.1) is 11.3 Å². The van der Waals surface area contributed by atoms with Crippen LogP contribution in [0.2, 0.25) is 0 Å². The molecule has 1 aromatic heterocycles. The number of anilines is 1. The number of nitriles is 1. The van der Waals surface area contributed by atoms with Crippen LogP contribution in [0.3, 0.4) is 0 Å². The van der Waals surface area contributed by atoms with Gasteiger partial charge < -0.3 is 10.1 Å². The van der Waals surface area contributed by atoms with E-state index in [2.05, 4.69) is 11.4 Å². The van der Waals surface area contributed by atoms with Crippen LogP contribution in [0.15, 0.2) is 30.3 Å². The van der Waals surface area contributed by atoms with Crippen LogP contribution in [-0.2, 0) is 17.6 Å². The van der Waals surface area contributed by atoms with Gasteiger partial charge in [0.25, 0.3) is 0 Å². The summed E-state index contributed by atoms with van der Waals surface area (Å²) in [7, 11) is 0. The number of thiophene rings is 1. The van der Waals surface area contributed by atoms with E-state index in [1.807, 2.05) is 31.2 Å². The van der Waals surface area contributed by atoms with Crippen LogP contribution in [0.5, 0.6) is 5.75 Å². The monoisotopic (exact) mass is 352 g/mol. The minimum Gasteiger partial charge on any atom is -0.493 e. The smallest absolute Gasteiger partial charge is 0.249 e. The van der Waals surface area contributed by atoms with Gasteiger partial charge in [-0.3, -0.25) is 4.79 Å². The van der Waals surface area contributed by atoms with Gasteiger partial charge in [0.2, 0.25) is 5.91 Å². The van der Waals surface area contributed by atoms with Gasteiger partial charge in [-0.2, -0.15) is 5.26 Å². The van der Waals surface area contributed by atoms with Crippen molar-refractivity contribution >= 4 is 28.3 Å². The molecule has 1 amide bonds. The normalized spacial score (nSPS) is 13.3. The lowest BCUT2D eigenvalue weighted by Crippen LogP contribution is -2.08. The van der Waals surface area contributed by atoms with Crippen molar-refractivity contribution in [3.05, 3.63) is 51.9 Å². The molecular formula is C20H20N2O2S. The summed E-state index contributed by atoms with van der Waals surface area (Å²) in [5, 5.41) is 13.0. The van der Waals surface area contributed by atoms with Crippen LogP contribution in [-0.4, -0.2) is 12.5 Å². The first kappa shape index (κ1) is 17.2. The van der Waals surface area contributed by atoms with Crippen molar-refractivity contribution in [2.75, 3.05) is 11.9 Å². The van der Waals surface area contributed by atoms with Gasteiger partial charge in [0.05, 0.1) is 12.2 Å². The number of rotatable bonds is 5. The standard InChI is InChI=1S/C20H20N2O2S/c1-2-24-17-9-5-3-7-14(17)11-12-19(23)22-20-16(13-21)15-8-4-6-10-18(15)25-20/h3,5,7,9,11-12H,2,4,6,8,10H2,1H3,(H,22,23). The molecule has 4 nitrogen and oxygen atoms in total. The summed E-state index contributed by atoms with van der Waals surface area (Å²) in [5.41, 5.74) is 2.61. The van der Waals surface area contributed by atoms with E-state index >= 15 is 0 Å². The molecule has 0 aliphatic heterocycles. The third kappa shape index (κ3) is 3.92. The average molecular weight is 352 g/mol.